The zero-order chi connectivity index (χ0) is 12.3. The number of rotatable bonds is 3. The van der Waals surface area contributed by atoms with Crippen LogP contribution in [0.15, 0.2) is 21.9 Å². The molecule has 18 heavy (non-hydrogen) atoms. The summed E-state index contributed by atoms with van der Waals surface area (Å²) in [6.45, 7) is 0.540. The van der Waals surface area contributed by atoms with Gasteiger partial charge in [0.25, 0.3) is 5.91 Å². The third-order valence-corrected chi connectivity index (χ3v) is 3.84. The summed E-state index contributed by atoms with van der Waals surface area (Å²) in [5, 5.41) is 4.49. The second kappa shape index (κ2) is 6.79. The minimum absolute atomic E-state index is 0. The second-order valence-electron chi connectivity index (χ2n) is 3.38. The van der Waals surface area contributed by atoms with Gasteiger partial charge < -0.3 is 10.3 Å². The normalized spacial score (nSPS) is 11.3. The first-order valence-electron chi connectivity index (χ1n) is 5.04. The summed E-state index contributed by atoms with van der Waals surface area (Å²) in [6.07, 6.45) is 2.56. The number of aromatic nitrogens is 2. The largest absolute Gasteiger partial charge is 0.330 e. The van der Waals surface area contributed by atoms with Gasteiger partial charge in [-0.2, -0.15) is 4.99 Å². The molecule has 0 atom stereocenters. The van der Waals surface area contributed by atoms with Crippen LogP contribution in [0.4, 0.5) is 0 Å². The SMILES string of the molecule is Cl.Cn1ccsc1=NC(=O)c1csc(CCN)n1. The molecule has 0 radical (unpaired) electrons. The zero-order valence-electron chi connectivity index (χ0n) is 9.70. The Hall–Kier alpha value is -1.02. The molecular formula is C10H13ClN4OS2. The molecule has 2 aromatic heterocycles. The van der Waals surface area contributed by atoms with E-state index in [1.807, 2.05) is 18.6 Å². The van der Waals surface area contributed by atoms with Gasteiger partial charge in [-0.05, 0) is 6.54 Å². The van der Waals surface area contributed by atoms with Crippen molar-refractivity contribution in [2.45, 2.75) is 6.42 Å². The van der Waals surface area contributed by atoms with E-state index >= 15 is 0 Å². The van der Waals surface area contributed by atoms with Crippen LogP contribution in [0.2, 0.25) is 0 Å². The fourth-order valence-corrected chi connectivity index (χ4v) is 2.74. The first kappa shape index (κ1) is 15.0. The van der Waals surface area contributed by atoms with E-state index < -0.39 is 0 Å². The molecule has 0 fully saturated rings. The van der Waals surface area contributed by atoms with Crippen LogP contribution >= 0.6 is 35.1 Å². The Morgan fingerprint density at radius 3 is 2.94 bits per heavy atom. The maximum Gasteiger partial charge on any atom is 0.299 e. The molecule has 1 amide bonds. The lowest BCUT2D eigenvalue weighted by Gasteiger charge is -1.90. The van der Waals surface area contributed by atoms with Gasteiger partial charge in [0.2, 0.25) is 0 Å². The lowest BCUT2D eigenvalue weighted by molar-refractivity contribution is 0.0993. The monoisotopic (exact) mass is 304 g/mol. The Morgan fingerprint density at radius 2 is 2.33 bits per heavy atom. The summed E-state index contributed by atoms with van der Waals surface area (Å²) < 4.78 is 1.80. The lowest BCUT2D eigenvalue weighted by Crippen LogP contribution is -2.12. The summed E-state index contributed by atoms with van der Waals surface area (Å²) in [7, 11) is 1.85. The van der Waals surface area contributed by atoms with Gasteiger partial charge in [-0.15, -0.1) is 35.1 Å². The van der Waals surface area contributed by atoms with Crippen molar-refractivity contribution in [3.05, 3.63) is 32.5 Å². The van der Waals surface area contributed by atoms with Crippen LogP contribution < -0.4 is 10.5 Å². The van der Waals surface area contributed by atoms with Crippen molar-refractivity contribution in [2.24, 2.45) is 17.8 Å². The van der Waals surface area contributed by atoms with Crippen LogP contribution in [0.1, 0.15) is 15.5 Å². The number of aryl methyl sites for hydroxylation is 1. The van der Waals surface area contributed by atoms with Gasteiger partial charge >= 0.3 is 0 Å². The Morgan fingerprint density at radius 1 is 1.56 bits per heavy atom. The number of hydrogen-bond donors (Lipinski definition) is 1. The maximum atomic E-state index is 11.8. The van der Waals surface area contributed by atoms with Crippen molar-refractivity contribution in [1.82, 2.24) is 9.55 Å². The van der Waals surface area contributed by atoms with Gasteiger partial charge in [-0.3, -0.25) is 4.79 Å². The van der Waals surface area contributed by atoms with Crippen molar-refractivity contribution < 1.29 is 4.79 Å². The molecule has 0 bridgehead atoms. The number of nitrogens with zero attached hydrogens (tertiary/aromatic N) is 3. The van der Waals surface area contributed by atoms with Crippen LogP contribution in [0, 0.1) is 0 Å². The summed E-state index contributed by atoms with van der Waals surface area (Å²) in [6, 6.07) is 0. The summed E-state index contributed by atoms with van der Waals surface area (Å²) >= 11 is 2.86. The summed E-state index contributed by atoms with van der Waals surface area (Å²) in [5.41, 5.74) is 5.83. The average Bonchev–Trinajstić information content (AvgIpc) is 2.90. The number of hydrogen-bond acceptors (Lipinski definition) is 5. The van der Waals surface area contributed by atoms with Crippen molar-refractivity contribution in [1.29, 1.82) is 0 Å². The number of carbonyl (C=O) groups excluding carboxylic acids is 1. The summed E-state index contributed by atoms with van der Waals surface area (Å²) in [4.78, 5) is 20.7. The molecule has 0 aliphatic heterocycles. The standard InChI is InChI=1S/C10H12N4OS2.ClH/c1-14-4-5-16-10(14)13-9(15)7-6-17-8(12-7)2-3-11;/h4-6H,2-3,11H2,1H3;1H. The van der Waals surface area contributed by atoms with E-state index in [2.05, 4.69) is 9.98 Å². The first-order valence-corrected chi connectivity index (χ1v) is 6.80. The van der Waals surface area contributed by atoms with E-state index in [1.54, 1.807) is 9.95 Å². The highest BCUT2D eigenvalue weighted by Gasteiger charge is 2.09. The molecule has 2 heterocycles. The Labute approximate surface area is 118 Å². The lowest BCUT2D eigenvalue weighted by atomic mass is 10.4. The highest BCUT2D eigenvalue weighted by Crippen LogP contribution is 2.10. The predicted octanol–water partition coefficient (Wildman–Crippen LogP) is 1.21. The molecule has 5 nitrogen and oxygen atoms in total. The highest BCUT2D eigenvalue weighted by atomic mass is 35.5. The van der Waals surface area contributed by atoms with E-state index in [9.17, 15) is 4.79 Å². The fraction of sp³-hybridized carbons (Fsp3) is 0.300. The van der Waals surface area contributed by atoms with E-state index in [0.29, 0.717) is 23.5 Å². The average molecular weight is 305 g/mol. The van der Waals surface area contributed by atoms with Gasteiger partial charge in [0.1, 0.15) is 5.69 Å². The molecule has 0 saturated heterocycles. The van der Waals surface area contributed by atoms with Gasteiger partial charge in [0.05, 0.1) is 5.01 Å². The summed E-state index contributed by atoms with van der Waals surface area (Å²) in [5.74, 6) is -0.303. The third-order valence-electron chi connectivity index (χ3n) is 2.09. The van der Waals surface area contributed by atoms with E-state index in [4.69, 9.17) is 5.73 Å². The minimum Gasteiger partial charge on any atom is -0.330 e. The first-order chi connectivity index (χ1) is 8.20. The minimum atomic E-state index is -0.303. The Balaban J connectivity index is 0.00000162. The van der Waals surface area contributed by atoms with Gasteiger partial charge in [-0.1, -0.05) is 0 Å². The molecule has 0 aromatic carbocycles. The van der Waals surface area contributed by atoms with Gasteiger partial charge in [0.15, 0.2) is 4.80 Å². The highest BCUT2D eigenvalue weighted by molar-refractivity contribution is 7.09. The maximum absolute atomic E-state index is 11.8. The van der Waals surface area contributed by atoms with Crippen molar-refractivity contribution >= 4 is 41.0 Å². The molecule has 2 aromatic rings. The molecular weight excluding hydrogens is 292 g/mol. The van der Waals surface area contributed by atoms with Gasteiger partial charge in [-0.25, -0.2) is 4.98 Å². The number of carbonyl (C=O) groups is 1. The molecule has 2 N–H and O–H groups in total. The smallest absolute Gasteiger partial charge is 0.299 e. The van der Waals surface area contributed by atoms with E-state index in [-0.39, 0.29) is 18.3 Å². The second-order valence-corrected chi connectivity index (χ2v) is 5.19. The quantitative estimate of drug-likeness (QED) is 0.926. The molecule has 0 unspecified atom stereocenters. The Bertz CT molecular complexity index is 586. The van der Waals surface area contributed by atoms with Crippen LogP contribution in [-0.4, -0.2) is 22.0 Å². The van der Waals surface area contributed by atoms with Crippen LogP contribution in [0.5, 0.6) is 0 Å². The van der Waals surface area contributed by atoms with Crippen molar-refractivity contribution in [2.75, 3.05) is 6.54 Å². The van der Waals surface area contributed by atoms with Crippen molar-refractivity contribution in [3.8, 4) is 0 Å². The Kier molecular flexibility index (Phi) is 5.67. The topological polar surface area (TPSA) is 73.3 Å². The number of nitrogens with two attached hydrogens (primary N) is 1. The molecule has 8 heteroatoms. The van der Waals surface area contributed by atoms with E-state index in [1.165, 1.54) is 22.7 Å². The van der Waals surface area contributed by atoms with E-state index in [0.717, 1.165) is 5.01 Å². The molecule has 0 spiro atoms. The zero-order valence-corrected chi connectivity index (χ0v) is 12.1. The molecule has 98 valence electrons. The fourth-order valence-electron chi connectivity index (χ4n) is 1.23. The number of amides is 1. The number of halogens is 1. The van der Waals surface area contributed by atoms with Gasteiger partial charge in [0, 0.05) is 30.4 Å². The third kappa shape index (κ3) is 3.49. The van der Waals surface area contributed by atoms with Crippen molar-refractivity contribution in [3.63, 3.8) is 0 Å². The van der Waals surface area contributed by atoms with Crippen LogP contribution in [-0.2, 0) is 13.5 Å². The molecule has 0 aliphatic rings. The molecule has 0 aliphatic carbocycles. The molecule has 2 rings (SSSR count). The molecule has 0 saturated carbocycles. The van der Waals surface area contributed by atoms with Crippen LogP contribution in [0.25, 0.3) is 0 Å². The number of thiazole rings is 2. The van der Waals surface area contributed by atoms with Crippen LogP contribution in [0.3, 0.4) is 0 Å². The predicted molar refractivity (Wildman–Crippen MR) is 75.3 cm³/mol.